The average Bonchev–Trinajstić information content (AvgIpc) is 2.79. The van der Waals surface area contributed by atoms with Gasteiger partial charge in [0, 0.05) is 25.7 Å². The number of ether oxygens (including phenoxy) is 1. The molecule has 5 heteroatoms. The van der Waals surface area contributed by atoms with Gasteiger partial charge < -0.3 is 14.5 Å². The fraction of sp³-hybridized carbons (Fsp3) is 0.481. The number of nitrogens with zero attached hydrogens (tertiary/aromatic N) is 2. The third-order valence-corrected chi connectivity index (χ3v) is 6.03. The van der Waals surface area contributed by atoms with Crippen LogP contribution in [0.2, 0.25) is 0 Å². The Morgan fingerprint density at radius 1 is 1.03 bits per heavy atom. The molecule has 0 spiro atoms. The van der Waals surface area contributed by atoms with Crippen LogP contribution in [0.4, 0.5) is 0 Å². The molecule has 2 aromatic carbocycles. The predicted octanol–water partition coefficient (Wildman–Crippen LogP) is 5.19. The van der Waals surface area contributed by atoms with E-state index in [1.165, 1.54) is 0 Å². The van der Waals surface area contributed by atoms with Crippen LogP contribution in [0.5, 0.6) is 5.75 Å². The molecule has 0 saturated carbocycles. The average molecular weight is 437 g/mol. The molecule has 5 nitrogen and oxygen atoms in total. The van der Waals surface area contributed by atoms with Crippen molar-refractivity contribution >= 4 is 11.8 Å². The highest BCUT2D eigenvalue weighted by Gasteiger charge is 2.27. The fourth-order valence-corrected chi connectivity index (χ4v) is 4.21. The highest BCUT2D eigenvalue weighted by Crippen LogP contribution is 2.24. The van der Waals surface area contributed by atoms with Crippen molar-refractivity contribution in [2.75, 3.05) is 26.7 Å². The maximum absolute atomic E-state index is 13.5. The summed E-state index contributed by atoms with van der Waals surface area (Å²) in [7, 11) is 1.84. The summed E-state index contributed by atoms with van der Waals surface area (Å²) in [5.41, 5.74) is 2.43. The summed E-state index contributed by atoms with van der Waals surface area (Å²) in [6, 6.07) is 15.1. The molecule has 172 valence electrons. The first-order chi connectivity index (χ1) is 15.4. The Bertz CT molecular complexity index is 907. The van der Waals surface area contributed by atoms with Crippen LogP contribution in [-0.2, 0) is 0 Å². The van der Waals surface area contributed by atoms with Gasteiger partial charge in [0.25, 0.3) is 11.8 Å². The third kappa shape index (κ3) is 6.12. The first-order valence-electron chi connectivity index (χ1n) is 11.7. The van der Waals surface area contributed by atoms with Crippen molar-refractivity contribution in [3.63, 3.8) is 0 Å². The van der Waals surface area contributed by atoms with E-state index in [1.54, 1.807) is 4.90 Å². The van der Waals surface area contributed by atoms with Gasteiger partial charge in [0.15, 0.2) is 0 Å². The zero-order valence-electron chi connectivity index (χ0n) is 19.8. The van der Waals surface area contributed by atoms with Crippen LogP contribution in [0.15, 0.2) is 48.5 Å². The lowest BCUT2D eigenvalue weighted by molar-refractivity contribution is 0.0573. The van der Waals surface area contributed by atoms with Crippen LogP contribution in [0.3, 0.4) is 0 Å². The van der Waals surface area contributed by atoms with Crippen molar-refractivity contribution in [3.05, 3.63) is 65.2 Å². The lowest BCUT2D eigenvalue weighted by Gasteiger charge is -2.33. The number of hydrogen-bond acceptors (Lipinski definition) is 3. The van der Waals surface area contributed by atoms with E-state index in [-0.39, 0.29) is 17.9 Å². The van der Waals surface area contributed by atoms with Crippen molar-refractivity contribution in [3.8, 4) is 5.75 Å². The molecule has 2 aromatic rings. The van der Waals surface area contributed by atoms with E-state index >= 15 is 0 Å². The van der Waals surface area contributed by atoms with Gasteiger partial charge in [-0.3, -0.25) is 9.59 Å². The summed E-state index contributed by atoms with van der Waals surface area (Å²) in [6.45, 7) is 8.11. The van der Waals surface area contributed by atoms with Crippen LogP contribution in [-0.4, -0.2) is 54.4 Å². The number of carbonyl (C=O) groups excluding carboxylic acids is 2. The molecule has 0 fully saturated rings. The van der Waals surface area contributed by atoms with Gasteiger partial charge in [-0.15, -0.1) is 0 Å². The van der Waals surface area contributed by atoms with E-state index in [9.17, 15) is 9.59 Å². The fourth-order valence-electron chi connectivity index (χ4n) is 4.21. The molecule has 0 unspecified atom stereocenters. The monoisotopic (exact) mass is 436 g/mol. The molecular formula is C27H36N2O3. The number of aryl methyl sites for hydroxylation is 1. The van der Waals surface area contributed by atoms with Crippen molar-refractivity contribution in [1.82, 2.24) is 9.80 Å². The second-order valence-corrected chi connectivity index (χ2v) is 9.24. The summed E-state index contributed by atoms with van der Waals surface area (Å²) >= 11 is 0. The van der Waals surface area contributed by atoms with Crippen LogP contribution < -0.4 is 4.74 Å². The van der Waals surface area contributed by atoms with E-state index in [4.69, 9.17) is 4.74 Å². The van der Waals surface area contributed by atoms with Crippen LogP contribution in [0, 0.1) is 12.8 Å². The van der Waals surface area contributed by atoms with Gasteiger partial charge >= 0.3 is 0 Å². The summed E-state index contributed by atoms with van der Waals surface area (Å²) in [5.74, 6) is 1.03. The lowest BCUT2D eigenvalue weighted by atomic mass is 10.0. The number of amides is 2. The molecule has 0 radical (unpaired) electrons. The van der Waals surface area contributed by atoms with Gasteiger partial charge in [0.2, 0.25) is 0 Å². The molecule has 1 heterocycles. The van der Waals surface area contributed by atoms with Gasteiger partial charge in [-0.1, -0.05) is 43.7 Å². The van der Waals surface area contributed by atoms with Gasteiger partial charge in [0.1, 0.15) is 12.4 Å². The Kier molecular flexibility index (Phi) is 8.32. The van der Waals surface area contributed by atoms with Gasteiger partial charge in [-0.25, -0.2) is 0 Å². The van der Waals surface area contributed by atoms with Gasteiger partial charge in [-0.2, -0.15) is 0 Å². The molecule has 1 aliphatic heterocycles. The van der Waals surface area contributed by atoms with Crippen LogP contribution in [0.1, 0.15) is 65.8 Å². The van der Waals surface area contributed by atoms with E-state index < -0.39 is 0 Å². The number of benzene rings is 2. The molecule has 0 saturated heterocycles. The molecular weight excluding hydrogens is 400 g/mol. The SMILES string of the molecule is Cc1ccc(C(=O)N2CCCCCN(C)C(=O)c3ccccc3OC[C@@H]2CC(C)C)cc1. The molecule has 2 amide bonds. The molecule has 3 rings (SSSR count). The standard InChI is InChI=1S/C27H36N2O3/c1-20(2)18-23-19-32-25-11-7-6-10-24(25)27(31)28(4)16-8-5-9-17-29(23)26(30)22-14-12-21(3)13-15-22/h6-7,10-15,20,23H,5,8-9,16-19H2,1-4H3/t23-/m0/s1. The molecule has 0 N–H and O–H groups in total. The van der Waals surface area contributed by atoms with E-state index in [1.807, 2.05) is 67.4 Å². The molecule has 0 aromatic heterocycles. The van der Waals surface area contributed by atoms with Gasteiger partial charge in [-0.05, 0) is 62.8 Å². The number of rotatable bonds is 3. The minimum atomic E-state index is -0.0644. The smallest absolute Gasteiger partial charge is 0.257 e. The number of fused-ring (bicyclic) bond motifs is 1. The van der Waals surface area contributed by atoms with Crippen molar-refractivity contribution in [1.29, 1.82) is 0 Å². The Balaban J connectivity index is 1.92. The van der Waals surface area contributed by atoms with Gasteiger partial charge in [0.05, 0.1) is 11.6 Å². The first-order valence-corrected chi connectivity index (χ1v) is 11.7. The maximum atomic E-state index is 13.5. The number of carbonyl (C=O) groups is 2. The minimum Gasteiger partial charge on any atom is -0.491 e. The number of hydrogen-bond donors (Lipinski definition) is 0. The molecule has 0 aliphatic carbocycles. The van der Waals surface area contributed by atoms with Crippen molar-refractivity contribution < 1.29 is 14.3 Å². The normalized spacial score (nSPS) is 18.3. The minimum absolute atomic E-state index is 0.0205. The summed E-state index contributed by atoms with van der Waals surface area (Å²) in [5, 5.41) is 0. The maximum Gasteiger partial charge on any atom is 0.257 e. The highest BCUT2D eigenvalue weighted by molar-refractivity contribution is 5.97. The Hall–Kier alpha value is -2.82. The van der Waals surface area contributed by atoms with Crippen LogP contribution in [0.25, 0.3) is 0 Å². The summed E-state index contributed by atoms with van der Waals surface area (Å²) < 4.78 is 6.23. The summed E-state index contributed by atoms with van der Waals surface area (Å²) in [4.78, 5) is 30.3. The van der Waals surface area contributed by atoms with E-state index in [2.05, 4.69) is 13.8 Å². The highest BCUT2D eigenvalue weighted by atomic mass is 16.5. The van der Waals surface area contributed by atoms with Crippen molar-refractivity contribution in [2.45, 2.75) is 52.5 Å². The zero-order valence-corrected chi connectivity index (χ0v) is 19.8. The third-order valence-electron chi connectivity index (χ3n) is 6.03. The Morgan fingerprint density at radius 3 is 2.44 bits per heavy atom. The largest absolute Gasteiger partial charge is 0.491 e. The topological polar surface area (TPSA) is 49.9 Å². The first kappa shape index (κ1) is 23.8. The van der Waals surface area contributed by atoms with E-state index in [0.29, 0.717) is 42.5 Å². The predicted molar refractivity (Wildman–Crippen MR) is 128 cm³/mol. The quantitative estimate of drug-likeness (QED) is 0.666. The zero-order chi connectivity index (χ0) is 23.1. The van der Waals surface area contributed by atoms with Crippen molar-refractivity contribution in [2.24, 2.45) is 5.92 Å². The Morgan fingerprint density at radius 2 is 1.72 bits per heavy atom. The number of para-hydroxylation sites is 1. The van der Waals surface area contributed by atoms with E-state index in [0.717, 1.165) is 31.2 Å². The van der Waals surface area contributed by atoms with Crippen LogP contribution >= 0.6 is 0 Å². The molecule has 1 aliphatic rings. The summed E-state index contributed by atoms with van der Waals surface area (Å²) in [6.07, 6.45) is 3.62. The Labute approximate surface area is 192 Å². The molecule has 32 heavy (non-hydrogen) atoms. The molecule has 0 bridgehead atoms. The lowest BCUT2D eigenvalue weighted by Crippen LogP contribution is -2.45. The second kappa shape index (κ2) is 11.2. The second-order valence-electron chi connectivity index (χ2n) is 9.24. The molecule has 1 atom stereocenters.